The fourth-order valence-corrected chi connectivity index (χ4v) is 2.55. The number of hydrogen-bond acceptors (Lipinski definition) is 3. The molecule has 0 aliphatic heterocycles. The minimum Gasteiger partial charge on any atom is -0.496 e. The second kappa shape index (κ2) is 6.63. The fraction of sp³-hybridized carbons (Fsp3) is 0.188. The molecule has 0 aliphatic rings. The van der Waals surface area contributed by atoms with Crippen LogP contribution in [0.3, 0.4) is 0 Å². The number of aromatic carboxylic acids is 1. The smallest absolute Gasteiger partial charge is 0.337 e. The monoisotopic (exact) mass is 349 g/mol. The van der Waals surface area contributed by atoms with Gasteiger partial charge in [0.2, 0.25) is 0 Å². The van der Waals surface area contributed by atoms with E-state index in [1.807, 2.05) is 42.3 Å². The van der Waals surface area contributed by atoms with Crippen molar-refractivity contribution in [1.29, 1.82) is 0 Å². The summed E-state index contributed by atoms with van der Waals surface area (Å²) in [6.45, 7) is 0.561. The highest BCUT2D eigenvalue weighted by molar-refractivity contribution is 9.10. The number of halogens is 1. The number of nitrogens with zero attached hydrogens (tertiary/aromatic N) is 1. The first-order valence-corrected chi connectivity index (χ1v) is 7.18. The van der Waals surface area contributed by atoms with E-state index in [1.165, 1.54) is 0 Å². The Bertz CT molecular complexity index is 658. The molecule has 1 N–H and O–H groups in total. The predicted molar refractivity (Wildman–Crippen MR) is 86.2 cm³/mol. The average molecular weight is 350 g/mol. The average Bonchev–Trinajstić information content (AvgIpc) is 2.47. The summed E-state index contributed by atoms with van der Waals surface area (Å²) in [6, 6.07) is 12.9. The summed E-state index contributed by atoms with van der Waals surface area (Å²) in [5.74, 6) is -0.156. The Balaban J connectivity index is 2.32. The zero-order valence-electron chi connectivity index (χ0n) is 11.8. The number of rotatable bonds is 5. The maximum atomic E-state index is 11.4. The van der Waals surface area contributed by atoms with Crippen LogP contribution in [-0.2, 0) is 6.54 Å². The van der Waals surface area contributed by atoms with Gasteiger partial charge in [-0.15, -0.1) is 0 Å². The third-order valence-corrected chi connectivity index (χ3v) is 3.69. The number of benzene rings is 2. The number of hydrogen-bond donors (Lipinski definition) is 1. The molecular formula is C16H16BrNO3. The summed E-state index contributed by atoms with van der Waals surface area (Å²) in [5.41, 5.74) is 1.93. The van der Waals surface area contributed by atoms with Gasteiger partial charge in [0.05, 0.1) is 18.4 Å². The van der Waals surface area contributed by atoms with Crippen LogP contribution in [-0.4, -0.2) is 25.2 Å². The van der Waals surface area contributed by atoms with Crippen LogP contribution in [0.2, 0.25) is 0 Å². The van der Waals surface area contributed by atoms with E-state index in [0.29, 0.717) is 12.2 Å². The lowest BCUT2D eigenvalue weighted by atomic mass is 10.1. The number of para-hydroxylation sites is 1. The van der Waals surface area contributed by atoms with Crippen LogP contribution in [0, 0.1) is 0 Å². The summed E-state index contributed by atoms with van der Waals surface area (Å²) >= 11 is 3.30. The van der Waals surface area contributed by atoms with Gasteiger partial charge >= 0.3 is 5.97 Å². The summed E-state index contributed by atoms with van der Waals surface area (Å²) in [4.78, 5) is 13.3. The van der Waals surface area contributed by atoms with Crippen molar-refractivity contribution in [3.8, 4) is 5.75 Å². The minimum absolute atomic E-state index is 0.266. The van der Waals surface area contributed by atoms with Gasteiger partial charge in [-0.25, -0.2) is 4.79 Å². The highest BCUT2D eigenvalue weighted by atomic mass is 79.9. The first-order valence-electron chi connectivity index (χ1n) is 6.39. The molecule has 0 heterocycles. The molecule has 0 bridgehead atoms. The number of ether oxygens (including phenoxy) is 1. The van der Waals surface area contributed by atoms with E-state index in [0.717, 1.165) is 15.8 Å². The van der Waals surface area contributed by atoms with E-state index in [4.69, 9.17) is 4.74 Å². The summed E-state index contributed by atoms with van der Waals surface area (Å²) in [7, 11) is 3.49. The third-order valence-electron chi connectivity index (χ3n) is 3.20. The maximum Gasteiger partial charge on any atom is 0.337 e. The molecular weight excluding hydrogens is 334 g/mol. The Morgan fingerprint density at radius 2 is 2.00 bits per heavy atom. The topological polar surface area (TPSA) is 49.8 Å². The standard InChI is InChI=1S/C16H16BrNO3/c1-18(10-11-5-3-4-6-15(11)21-2)14-8-7-12(17)9-13(14)16(19)20/h3-9H,10H2,1-2H3,(H,19,20). The minimum atomic E-state index is -0.946. The molecule has 0 spiro atoms. The van der Waals surface area contributed by atoms with E-state index in [1.54, 1.807) is 19.2 Å². The van der Waals surface area contributed by atoms with Crippen LogP contribution < -0.4 is 9.64 Å². The lowest BCUT2D eigenvalue weighted by Gasteiger charge is -2.22. The molecule has 4 nitrogen and oxygen atoms in total. The van der Waals surface area contributed by atoms with Crippen LogP contribution in [0.1, 0.15) is 15.9 Å². The molecule has 0 aromatic heterocycles. The SMILES string of the molecule is COc1ccccc1CN(C)c1ccc(Br)cc1C(=O)O. The van der Waals surface area contributed by atoms with Crippen LogP contribution >= 0.6 is 15.9 Å². The zero-order valence-corrected chi connectivity index (χ0v) is 13.4. The van der Waals surface area contributed by atoms with Crippen molar-refractivity contribution >= 4 is 27.6 Å². The molecule has 2 aromatic rings. The highest BCUT2D eigenvalue weighted by Crippen LogP contribution is 2.27. The Kier molecular flexibility index (Phi) is 4.85. The van der Waals surface area contributed by atoms with Crippen LogP contribution in [0.15, 0.2) is 46.9 Å². The van der Waals surface area contributed by atoms with Gasteiger partial charge in [0.1, 0.15) is 5.75 Å². The molecule has 0 aliphatic carbocycles. The molecule has 110 valence electrons. The van der Waals surface area contributed by atoms with Crippen molar-refractivity contribution < 1.29 is 14.6 Å². The third kappa shape index (κ3) is 3.55. The molecule has 0 saturated heterocycles. The second-order valence-electron chi connectivity index (χ2n) is 4.63. The Morgan fingerprint density at radius 3 is 2.67 bits per heavy atom. The van der Waals surface area contributed by atoms with Crippen LogP contribution in [0.4, 0.5) is 5.69 Å². The van der Waals surface area contributed by atoms with Crippen molar-refractivity contribution in [3.63, 3.8) is 0 Å². The Morgan fingerprint density at radius 1 is 1.29 bits per heavy atom. The van der Waals surface area contributed by atoms with Gasteiger partial charge in [-0.3, -0.25) is 0 Å². The van der Waals surface area contributed by atoms with Crippen molar-refractivity contribution in [1.82, 2.24) is 0 Å². The van der Waals surface area contributed by atoms with Crippen molar-refractivity contribution in [2.75, 3.05) is 19.1 Å². The van der Waals surface area contributed by atoms with E-state index >= 15 is 0 Å². The molecule has 0 amide bonds. The van der Waals surface area contributed by atoms with Crippen molar-refractivity contribution in [2.24, 2.45) is 0 Å². The lowest BCUT2D eigenvalue weighted by molar-refractivity contribution is 0.0697. The van der Waals surface area contributed by atoms with Crippen LogP contribution in [0.25, 0.3) is 0 Å². The zero-order chi connectivity index (χ0) is 15.4. The fourth-order valence-electron chi connectivity index (χ4n) is 2.19. The number of methoxy groups -OCH3 is 1. The normalized spacial score (nSPS) is 10.2. The van der Waals surface area contributed by atoms with Gasteiger partial charge in [-0.1, -0.05) is 34.1 Å². The van der Waals surface area contributed by atoms with Gasteiger partial charge in [-0.05, 0) is 24.3 Å². The van der Waals surface area contributed by atoms with E-state index in [9.17, 15) is 9.90 Å². The molecule has 0 radical (unpaired) electrons. The van der Waals surface area contributed by atoms with Gasteiger partial charge < -0.3 is 14.7 Å². The quantitative estimate of drug-likeness (QED) is 0.891. The summed E-state index contributed by atoms with van der Waals surface area (Å²) < 4.78 is 6.07. The first kappa shape index (κ1) is 15.4. The van der Waals surface area contributed by atoms with Crippen molar-refractivity contribution in [2.45, 2.75) is 6.54 Å². The molecule has 0 fully saturated rings. The van der Waals surface area contributed by atoms with E-state index in [-0.39, 0.29) is 5.56 Å². The highest BCUT2D eigenvalue weighted by Gasteiger charge is 2.15. The van der Waals surface area contributed by atoms with Crippen molar-refractivity contribution in [3.05, 3.63) is 58.1 Å². The van der Waals surface area contributed by atoms with Crippen LogP contribution in [0.5, 0.6) is 5.75 Å². The number of carbonyl (C=O) groups is 1. The number of carboxylic acids is 1. The number of carboxylic acid groups (broad SMARTS) is 1. The Labute approximate surface area is 132 Å². The molecule has 2 rings (SSSR count). The van der Waals surface area contributed by atoms with E-state index in [2.05, 4.69) is 15.9 Å². The molecule has 0 saturated carbocycles. The first-order chi connectivity index (χ1) is 10.0. The molecule has 5 heteroatoms. The Hall–Kier alpha value is -2.01. The molecule has 2 aromatic carbocycles. The molecule has 21 heavy (non-hydrogen) atoms. The van der Waals surface area contributed by atoms with Gasteiger partial charge in [-0.2, -0.15) is 0 Å². The molecule has 0 atom stereocenters. The van der Waals surface area contributed by atoms with Gasteiger partial charge in [0, 0.05) is 23.6 Å². The van der Waals surface area contributed by atoms with Gasteiger partial charge in [0.15, 0.2) is 0 Å². The van der Waals surface area contributed by atoms with Gasteiger partial charge in [0.25, 0.3) is 0 Å². The summed E-state index contributed by atoms with van der Waals surface area (Å²) in [6.07, 6.45) is 0. The maximum absolute atomic E-state index is 11.4. The molecule has 0 unspecified atom stereocenters. The predicted octanol–water partition coefficient (Wildman–Crippen LogP) is 3.79. The lowest BCUT2D eigenvalue weighted by Crippen LogP contribution is -2.19. The second-order valence-corrected chi connectivity index (χ2v) is 5.55. The van der Waals surface area contributed by atoms with E-state index < -0.39 is 5.97 Å². The summed E-state index contributed by atoms with van der Waals surface area (Å²) in [5, 5.41) is 9.33. The number of anilines is 1. The largest absolute Gasteiger partial charge is 0.496 e.